The summed E-state index contributed by atoms with van der Waals surface area (Å²) in [6.45, 7) is 1.71. The maximum atomic E-state index is 9.89. The molecule has 0 bridgehead atoms. The van der Waals surface area contributed by atoms with Crippen LogP contribution in [-0.4, -0.2) is 19.1 Å². The second-order valence-corrected chi connectivity index (χ2v) is 3.62. The molecule has 1 aromatic carbocycles. The van der Waals surface area contributed by atoms with E-state index in [2.05, 4.69) is 10.8 Å². The summed E-state index contributed by atoms with van der Waals surface area (Å²) in [5.74, 6) is 0.834. The third-order valence-electron chi connectivity index (χ3n) is 1.86. The van der Waals surface area contributed by atoms with E-state index in [1.807, 2.05) is 23.1 Å². The Morgan fingerprint density at radius 2 is 2.38 bits per heavy atom. The molecule has 1 aliphatic rings. The summed E-state index contributed by atoms with van der Waals surface area (Å²) in [5.41, 5.74) is 1.13. The van der Waals surface area contributed by atoms with Gasteiger partial charge in [0.2, 0.25) is 0 Å². The smallest absolute Gasteiger partial charge is 0.419 e. The number of para-hydroxylation sites is 1. The van der Waals surface area contributed by atoms with Gasteiger partial charge in [0.05, 0.1) is 11.6 Å². The monoisotopic (exact) mass is 194 g/mol. The minimum atomic E-state index is 0.285. The topological polar surface area (TPSA) is 29.5 Å². The van der Waals surface area contributed by atoms with Crippen molar-refractivity contribution >= 4 is 23.9 Å². The minimum Gasteiger partial charge on any atom is -0.436 e. The van der Waals surface area contributed by atoms with Crippen molar-refractivity contribution < 1.29 is 9.53 Å². The molecule has 0 saturated heterocycles. The van der Waals surface area contributed by atoms with E-state index >= 15 is 0 Å². The standard InChI is InChI=1S/C9H8NO2S/c11-7-12-5-10-6-13-9-4-2-1-3-8(9)10/h1-4H,5-6H2. The van der Waals surface area contributed by atoms with E-state index in [1.54, 1.807) is 11.8 Å². The first-order chi connectivity index (χ1) is 6.42. The summed E-state index contributed by atoms with van der Waals surface area (Å²) in [7, 11) is 0. The molecular formula is C9H8NO2S. The van der Waals surface area contributed by atoms with Gasteiger partial charge in [0.15, 0.2) is 6.73 Å². The van der Waals surface area contributed by atoms with Gasteiger partial charge in [-0.3, -0.25) is 0 Å². The molecule has 1 aromatic rings. The van der Waals surface area contributed by atoms with Gasteiger partial charge in [0.25, 0.3) is 0 Å². The molecule has 2 rings (SSSR count). The number of fused-ring (bicyclic) bond motifs is 1. The lowest BCUT2D eigenvalue weighted by Crippen LogP contribution is -2.22. The number of thioether (sulfide) groups is 1. The minimum absolute atomic E-state index is 0.285. The molecule has 0 N–H and O–H groups in total. The molecule has 1 heterocycles. The van der Waals surface area contributed by atoms with Gasteiger partial charge in [-0.25, -0.2) is 4.79 Å². The highest BCUT2D eigenvalue weighted by molar-refractivity contribution is 7.99. The molecule has 0 fully saturated rings. The van der Waals surface area contributed by atoms with Crippen molar-refractivity contribution in [2.24, 2.45) is 0 Å². The third-order valence-corrected chi connectivity index (χ3v) is 2.96. The van der Waals surface area contributed by atoms with Crippen LogP contribution in [0.25, 0.3) is 0 Å². The molecule has 1 radical (unpaired) electrons. The highest BCUT2D eigenvalue weighted by atomic mass is 32.2. The third kappa shape index (κ3) is 1.62. The molecule has 0 unspecified atom stereocenters. The van der Waals surface area contributed by atoms with Crippen LogP contribution in [0.1, 0.15) is 0 Å². The molecule has 0 amide bonds. The van der Waals surface area contributed by atoms with Gasteiger partial charge < -0.3 is 9.64 Å². The number of anilines is 1. The van der Waals surface area contributed by atoms with E-state index in [-0.39, 0.29) is 6.73 Å². The largest absolute Gasteiger partial charge is 0.436 e. The molecule has 0 atom stereocenters. The Morgan fingerprint density at radius 1 is 1.54 bits per heavy atom. The normalized spacial score (nSPS) is 14.0. The zero-order chi connectivity index (χ0) is 9.10. The van der Waals surface area contributed by atoms with Gasteiger partial charge in [-0.2, -0.15) is 0 Å². The van der Waals surface area contributed by atoms with Crippen molar-refractivity contribution in [1.29, 1.82) is 0 Å². The predicted molar refractivity (Wildman–Crippen MR) is 51.3 cm³/mol. The number of hydrogen-bond donors (Lipinski definition) is 0. The van der Waals surface area contributed by atoms with E-state index in [0.717, 1.165) is 11.6 Å². The highest BCUT2D eigenvalue weighted by Crippen LogP contribution is 2.37. The van der Waals surface area contributed by atoms with Gasteiger partial charge in [0, 0.05) is 4.90 Å². The molecule has 67 valence electrons. The van der Waals surface area contributed by atoms with Crippen molar-refractivity contribution in [2.45, 2.75) is 4.90 Å². The fraction of sp³-hybridized carbons (Fsp3) is 0.222. The lowest BCUT2D eigenvalue weighted by Gasteiger charge is -2.15. The Labute approximate surface area is 80.7 Å². The maximum Gasteiger partial charge on any atom is 0.419 e. The first kappa shape index (κ1) is 8.44. The first-order valence-corrected chi connectivity index (χ1v) is 4.86. The van der Waals surface area contributed by atoms with Crippen LogP contribution in [0.3, 0.4) is 0 Å². The molecule has 0 aliphatic carbocycles. The Bertz CT molecular complexity index is 316. The molecular weight excluding hydrogens is 186 g/mol. The number of carbonyl (C=O) groups excluding carboxylic acids is 1. The predicted octanol–water partition coefficient (Wildman–Crippen LogP) is 1.60. The quantitative estimate of drug-likeness (QED) is 0.731. The van der Waals surface area contributed by atoms with E-state index in [0.29, 0.717) is 0 Å². The van der Waals surface area contributed by atoms with E-state index in [1.165, 1.54) is 11.4 Å². The molecule has 4 heteroatoms. The second kappa shape index (κ2) is 3.70. The lowest BCUT2D eigenvalue weighted by molar-refractivity contribution is 0.280. The summed E-state index contributed by atoms with van der Waals surface area (Å²) in [6.07, 6.45) is 0. The fourth-order valence-corrected chi connectivity index (χ4v) is 2.30. The van der Waals surface area contributed by atoms with E-state index < -0.39 is 0 Å². The van der Waals surface area contributed by atoms with Gasteiger partial charge in [-0.15, -0.1) is 11.8 Å². The first-order valence-electron chi connectivity index (χ1n) is 3.87. The summed E-state index contributed by atoms with van der Waals surface area (Å²) < 4.78 is 4.58. The van der Waals surface area contributed by atoms with Gasteiger partial charge in [-0.1, -0.05) is 12.1 Å². The second-order valence-electron chi connectivity index (χ2n) is 2.64. The van der Waals surface area contributed by atoms with Crippen LogP contribution in [0.5, 0.6) is 0 Å². The van der Waals surface area contributed by atoms with Crippen molar-refractivity contribution in [1.82, 2.24) is 0 Å². The van der Waals surface area contributed by atoms with E-state index in [9.17, 15) is 4.79 Å². The van der Waals surface area contributed by atoms with Crippen LogP contribution in [-0.2, 0) is 9.53 Å². The number of ether oxygens (including phenoxy) is 1. The Balaban J connectivity index is 2.13. The summed E-state index contributed by atoms with van der Waals surface area (Å²) in [5, 5.41) is 0. The van der Waals surface area contributed by atoms with E-state index in [4.69, 9.17) is 0 Å². The van der Waals surface area contributed by atoms with Crippen LogP contribution >= 0.6 is 11.8 Å². The number of rotatable bonds is 3. The van der Waals surface area contributed by atoms with Gasteiger partial charge in [0.1, 0.15) is 0 Å². The Hall–Kier alpha value is -1.16. The number of nitrogens with zero attached hydrogens (tertiary/aromatic N) is 1. The molecule has 1 aliphatic heterocycles. The van der Waals surface area contributed by atoms with Crippen LogP contribution in [0, 0.1) is 0 Å². The van der Waals surface area contributed by atoms with Gasteiger partial charge in [-0.05, 0) is 12.1 Å². The zero-order valence-electron chi connectivity index (χ0n) is 6.90. The summed E-state index contributed by atoms with van der Waals surface area (Å²) in [4.78, 5) is 13.1. The maximum absolute atomic E-state index is 9.89. The fourth-order valence-electron chi connectivity index (χ4n) is 1.27. The lowest BCUT2D eigenvalue weighted by atomic mass is 10.3. The zero-order valence-corrected chi connectivity index (χ0v) is 7.71. The Kier molecular flexibility index (Phi) is 2.40. The van der Waals surface area contributed by atoms with Crippen molar-refractivity contribution in [3.63, 3.8) is 0 Å². The SMILES string of the molecule is O=[C]OCN1CSc2ccccc21. The summed E-state index contributed by atoms with van der Waals surface area (Å²) in [6, 6.07) is 8.05. The summed E-state index contributed by atoms with van der Waals surface area (Å²) >= 11 is 1.74. The van der Waals surface area contributed by atoms with Crippen molar-refractivity contribution in [3.05, 3.63) is 24.3 Å². The van der Waals surface area contributed by atoms with Crippen LogP contribution in [0.15, 0.2) is 29.2 Å². The average molecular weight is 194 g/mol. The van der Waals surface area contributed by atoms with Crippen LogP contribution in [0.2, 0.25) is 0 Å². The number of benzene rings is 1. The average Bonchev–Trinajstić information content (AvgIpc) is 2.58. The molecule has 13 heavy (non-hydrogen) atoms. The van der Waals surface area contributed by atoms with Gasteiger partial charge >= 0.3 is 6.47 Å². The Morgan fingerprint density at radius 3 is 3.23 bits per heavy atom. The number of hydrogen-bond acceptors (Lipinski definition) is 4. The molecule has 0 spiro atoms. The highest BCUT2D eigenvalue weighted by Gasteiger charge is 2.18. The van der Waals surface area contributed by atoms with Crippen LogP contribution < -0.4 is 4.90 Å². The molecule has 0 saturated carbocycles. The van der Waals surface area contributed by atoms with Crippen LogP contribution in [0.4, 0.5) is 5.69 Å². The molecule has 0 aromatic heterocycles. The van der Waals surface area contributed by atoms with Crippen molar-refractivity contribution in [2.75, 3.05) is 17.5 Å². The van der Waals surface area contributed by atoms with Crippen molar-refractivity contribution in [3.8, 4) is 0 Å². The molecule has 3 nitrogen and oxygen atoms in total.